The summed E-state index contributed by atoms with van der Waals surface area (Å²) in [6.45, 7) is 6.20. The van der Waals surface area contributed by atoms with Crippen molar-refractivity contribution in [3.05, 3.63) is 114 Å². The fourth-order valence-electron chi connectivity index (χ4n) is 3.63. The molecule has 1 aliphatic rings. The van der Waals surface area contributed by atoms with Crippen molar-refractivity contribution in [3.8, 4) is 11.5 Å². The van der Waals surface area contributed by atoms with Crippen LogP contribution in [-0.2, 0) is 0 Å². The summed E-state index contributed by atoms with van der Waals surface area (Å²) in [5.41, 5.74) is 4.60. The number of amides is 1. The molecule has 3 aromatic rings. The normalized spacial score (nSPS) is 12.9. The Morgan fingerprint density at radius 3 is 2.66 bits per heavy atom. The molecule has 3 aromatic carbocycles. The molecule has 0 saturated heterocycles. The molecule has 6 heteroatoms. The summed E-state index contributed by atoms with van der Waals surface area (Å²) >= 11 is 1.58. The lowest BCUT2D eigenvalue weighted by atomic mass is 10.0. The van der Waals surface area contributed by atoms with Crippen LogP contribution in [0.1, 0.15) is 34.8 Å². The van der Waals surface area contributed by atoms with Crippen molar-refractivity contribution in [3.63, 3.8) is 0 Å². The highest BCUT2D eigenvalue weighted by Crippen LogP contribution is 2.42. The van der Waals surface area contributed by atoms with E-state index in [9.17, 15) is 15.0 Å². The summed E-state index contributed by atoms with van der Waals surface area (Å²) < 4.78 is 0. The second kappa shape index (κ2) is 10.9. The molecule has 0 saturated carbocycles. The zero-order valence-corrected chi connectivity index (χ0v) is 20.2. The Kier molecular flexibility index (Phi) is 7.53. The summed E-state index contributed by atoms with van der Waals surface area (Å²) in [5, 5.41) is 22.8. The zero-order chi connectivity index (χ0) is 24.8. The molecule has 35 heavy (non-hydrogen) atoms. The van der Waals surface area contributed by atoms with Crippen molar-refractivity contribution in [2.24, 2.45) is 4.99 Å². The lowest BCUT2D eigenvalue weighted by Gasteiger charge is -2.10. The number of hydrogen-bond acceptors (Lipinski definition) is 5. The first-order valence-electron chi connectivity index (χ1n) is 11.2. The van der Waals surface area contributed by atoms with Gasteiger partial charge >= 0.3 is 0 Å². The molecular weight excluding hydrogens is 456 g/mol. The van der Waals surface area contributed by atoms with E-state index in [0.717, 1.165) is 27.3 Å². The van der Waals surface area contributed by atoms with Gasteiger partial charge in [0.05, 0.1) is 11.4 Å². The Morgan fingerprint density at radius 2 is 1.86 bits per heavy atom. The first-order valence-corrected chi connectivity index (χ1v) is 12.0. The Morgan fingerprint density at radius 1 is 1.03 bits per heavy atom. The standard InChI is InChI=1S/C29H26N2O3S/c1-3-4-5-8-19(2)15-16-30-29(34)21-12-14-27-23(17-21)31-28(20-11-13-24(32)25(33)18-20)22-9-6-7-10-26(22)35-27/h3-14,17-18,32-33H,1,15-16H2,2H3,(H,30,34)/b5-4-,19-8+. The maximum atomic E-state index is 12.8. The molecular formula is C29H26N2O3S. The van der Waals surface area contributed by atoms with Gasteiger partial charge in [-0.2, -0.15) is 0 Å². The molecule has 3 N–H and O–H groups in total. The fraction of sp³-hybridized carbons (Fsp3) is 0.103. The second-order valence-electron chi connectivity index (χ2n) is 8.08. The number of carbonyl (C=O) groups excluding carboxylic acids is 1. The van der Waals surface area contributed by atoms with Crippen molar-refractivity contribution < 1.29 is 15.0 Å². The number of nitrogens with one attached hydrogen (secondary N) is 1. The molecule has 0 radical (unpaired) electrons. The van der Waals surface area contributed by atoms with Crippen LogP contribution in [0.4, 0.5) is 5.69 Å². The highest BCUT2D eigenvalue weighted by Gasteiger charge is 2.20. The molecule has 1 heterocycles. The number of carbonyl (C=O) groups is 1. The number of allylic oxidation sites excluding steroid dienone is 4. The third-order valence-electron chi connectivity index (χ3n) is 5.50. The van der Waals surface area contributed by atoms with Crippen molar-refractivity contribution in [1.82, 2.24) is 5.32 Å². The number of nitrogens with zero attached hydrogens (tertiary/aromatic N) is 1. The molecule has 0 bridgehead atoms. The predicted octanol–water partition coefficient (Wildman–Crippen LogP) is 6.54. The number of phenols is 2. The van der Waals surface area contributed by atoms with E-state index in [1.807, 2.05) is 61.5 Å². The zero-order valence-electron chi connectivity index (χ0n) is 19.4. The number of phenolic OH excluding ortho intramolecular Hbond substituents is 2. The van der Waals surface area contributed by atoms with Crippen LogP contribution in [0.5, 0.6) is 11.5 Å². The Bertz CT molecular complexity index is 1370. The Balaban J connectivity index is 1.62. The molecule has 0 aromatic heterocycles. The number of benzene rings is 3. The molecule has 0 fully saturated rings. The average Bonchev–Trinajstić information content (AvgIpc) is 3.02. The second-order valence-corrected chi connectivity index (χ2v) is 9.17. The van der Waals surface area contributed by atoms with Gasteiger partial charge in [0.1, 0.15) is 0 Å². The molecule has 0 aliphatic carbocycles. The van der Waals surface area contributed by atoms with Gasteiger partial charge in [0.2, 0.25) is 0 Å². The van der Waals surface area contributed by atoms with Gasteiger partial charge in [0, 0.05) is 33.0 Å². The Hall–Kier alpha value is -4.03. The van der Waals surface area contributed by atoms with Gasteiger partial charge in [-0.05, 0) is 55.8 Å². The number of aliphatic imine (C=N–C) groups is 1. The van der Waals surface area contributed by atoms with E-state index in [-0.39, 0.29) is 17.4 Å². The lowest BCUT2D eigenvalue weighted by molar-refractivity contribution is 0.0954. The summed E-state index contributed by atoms with van der Waals surface area (Å²) in [7, 11) is 0. The number of fused-ring (bicyclic) bond motifs is 2. The number of rotatable bonds is 7. The molecule has 1 aliphatic heterocycles. The molecule has 0 atom stereocenters. The highest BCUT2D eigenvalue weighted by molar-refractivity contribution is 7.99. The predicted molar refractivity (Wildman–Crippen MR) is 142 cm³/mol. The van der Waals surface area contributed by atoms with Crippen LogP contribution < -0.4 is 5.32 Å². The highest BCUT2D eigenvalue weighted by atomic mass is 32.2. The van der Waals surface area contributed by atoms with E-state index >= 15 is 0 Å². The van der Waals surface area contributed by atoms with E-state index in [0.29, 0.717) is 29.1 Å². The molecule has 0 spiro atoms. The summed E-state index contributed by atoms with van der Waals surface area (Å²) in [4.78, 5) is 19.7. The van der Waals surface area contributed by atoms with Gasteiger partial charge in [-0.15, -0.1) is 0 Å². The number of hydrogen-bond donors (Lipinski definition) is 3. The molecule has 1 amide bonds. The van der Waals surface area contributed by atoms with Gasteiger partial charge in [-0.1, -0.05) is 66.4 Å². The van der Waals surface area contributed by atoms with E-state index in [1.54, 1.807) is 30.0 Å². The van der Waals surface area contributed by atoms with Crippen LogP contribution in [0.3, 0.4) is 0 Å². The monoisotopic (exact) mass is 482 g/mol. The van der Waals surface area contributed by atoms with Crippen molar-refractivity contribution in [2.45, 2.75) is 23.1 Å². The number of aromatic hydroxyl groups is 2. The summed E-state index contributed by atoms with van der Waals surface area (Å²) in [6, 6.07) is 18.1. The quantitative estimate of drug-likeness (QED) is 0.206. The van der Waals surface area contributed by atoms with Gasteiger partial charge in [-0.25, -0.2) is 4.99 Å². The first-order chi connectivity index (χ1) is 17.0. The third-order valence-corrected chi connectivity index (χ3v) is 6.64. The lowest BCUT2D eigenvalue weighted by Crippen LogP contribution is -2.24. The van der Waals surface area contributed by atoms with Gasteiger partial charge in [-0.3, -0.25) is 4.79 Å². The van der Waals surface area contributed by atoms with E-state index in [1.165, 1.54) is 12.1 Å². The van der Waals surface area contributed by atoms with Crippen LogP contribution in [0, 0.1) is 0 Å². The van der Waals surface area contributed by atoms with Gasteiger partial charge < -0.3 is 15.5 Å². The summed E-state index contributed by atoms with van der Waals surface area (Å²) in [5.74, 6) is -0.558. The maximum Gasteiger partial charge on any atom is 0.251 e. The third kappa shape index (κ3) is 5.73. The summed E-state index contributed by atoms with van der Waals surface area (Å²) in [6.07, 6.45) is 8.26. The topological polar surface area (TPSA) is 81.9 Å². The molecule has 5 nitrogen and oxygen atoms in total. The molecule has 4 rings (SSSR count). The van der Waals surface area contributed by atoms with Gasteiger partial charge in [0.25, 0.3) is 5.91 Å². The minimum Gasteiger partial charge on any atom is -0.504 e. The Labute approximate surface area is 209 Å². The smallest absolute Gasteiger partial charge is 0.251 e. The van der Waals surface area contributed by atoms with Crippen molar-refractivity contribution >= 4 is 29.1 Å². The minimum atomic E-state index is -0.211. The van der Waals surface area contributed by atoms with Crippen LogP contribution in [0.2, 0.25) is 0 Å². The van der Waals surface area contributed by atoms with Crippen molar-refractivity contribution in [1.29, 1.82) is 0 Å². The van der Waals surface area contributed by atoms with Gasteiger partial charge in [0.15, 0.2) is 11.5 Å². The van der Waals surface area contributed by atoms with Crippen LogP contribution in [0.25, 0.3) is 0 Å². The van der Waals surface area contributed by atoms with Crippen molar-refractivity contribution in [2.75, 3.05) is 6.54 Å². The van der Waals surface area contributed by atoms with E-state index in [2.05, 4.69) is 11.9 Å². The van der Waals surface area contributed by atoms with Crippen LogP contribution in [-0.4, -0.2) is 28.4 Å². The van der Waals surface area contributed by atoms with Crippen LogP contribution >= 0.6 is 11.8 Å². The molecule has 0 unspecified atom stereocenters. The largest absolute Gasteiger partial charge is 0.504 e. The SMILES string of the molecule is C=C/C=C\C=C(/C)CCNC(=O)c1ccc2c(c1)N=C(c1ccc(O)c(O)c1)c1ccccc1S2. The molecule has 176 valence electrons. The average molecular weight is 483 g/mol. The van der Waals surface area contributed by atoms with E-state index < -0.39 is 0 Å². The van der Waals surface area contributed by atoms with Crippen LogP contribution in [0.15, 0.2) is 112 Å². The maximum absolute atomic E-state index is 12.8. The minimum absolute atomic E-state index is 0.159. The first kappa shape index (κ1) is 24.1. The van der Waals surface area contributed by atoms with E-state index in [4.69, 9.17) is 4.99 Å². The fourth-order valence-corrected chi connectivity index (χ4v) is 4.63.